The third kappa shape index (κ3) is 3.29. The van der Waals surface area contributed by atoms with Crippen LogP contribution in [-0.2, 0) is 6.54 Å². The van der Waals surface area contributed by atoms with Crippen LogP contribution in [0.25, 0.3) is 0 Å². The van der Waals surface area contributed by atoms with Gasteiger partial charge in [-0.05, 0) is 31.4 Å². The molecule has 0 unspecified atom stereocenters. The summed E-state index contributed by atoms with van der Waals surface area (Å²) in [6, 6.07) is 3.98. The molecule has 2 aliphatic heterocycles. The van der Waals surface area contributed by atoms with Crippen LogP contribution in [0.3, 0.4) is 0 Å². The van der Waals surface area contributed by atoms with E-state index in [9.17, 15) is 0 Å². The zero-order valence-corrected chi connectivity index (χ0v) is 13.1. The minimum atomic E-state index is 0.195. The molecule has 1 atom stereocenters. The zero-order valence-electron chi connectivity index (χ0n) is 13.1. The van der Waals surface area contributed by atoms with Crippen LogP contribution in [-0.4, -0.2) is 52.5 Å². The van der Waals surface area contributed by atoms with Crippen LogP contribution in [0.15, 0.2) is 29.2 Å². The highest BCUT2D eigenvalue weighted by atomic mass is 16.6. The molecule has 2 saturated heterocycles. The fourth-order valence-corrected chi connectivity index (χ4v) is 3.34. The molecule has 0 aromatic carbocycles. The van der Waals surface area contributed by atoms with Gasteiger partial charge in [-0.2, -0.15) is 0 Å². The number of ether oxygens (including phenoxy) is 1. The molecule has 23 heavy (non-hydrogen) atoms. The van der Waals surface area contributed by atoms with E-state index in [0.29, 0.717) is 0 Å². The molecule has 7 nitrogen and oxygen atoms in total. The van der Waals surface area contributed by atoms with E-state index in [1.165, 1.54) is 12.8 Å². The number of anilines is 1. The van der Waals surface area contributed by atoms with Gasteiger partial charge in [0.05, 0.1) is 6.20 Å². The number of rotatable bonds is 5. The first-order valence-corrected chi connectivity index (χ1v) is 8.24. The molecule has 0 N–H and O–H groups in total. The van der Waals surface area contributed by atoms with E-state index in [1.807, 2.05) is 18.3 Å². The highest BCUT2D eigenvalue weighted by molar-refractivity contribution is 5.52. The summed E-state index contributed by atoms with van der Waals surface area (Å²) in [5, 5.41) is 7.52. The van der Waals surface area contributed by atoms with Crippen molar-refractivity contribution < 1.29 is 9.37 Å². The number of aromatic nitrogens is 3. The molecule has 0 radical (unpaired) electrons. The number of likely N-dealkylation sites (tertiary alicyclic amines) is 1. The summed E-state index contributed by atoms with van der Waals surface area (Å²) in [4.78, 5) is 9.18. The number of pyridine rings is 1. The molecule has 7 heteroatoms. The van der Waals surface area contributed by atoms with Gasteiger partial charge < -0.3 is 9.64 Å². The van der Waals surface area contributed by atoms with Crippen molar-refractivity contribution in [1.29, 1.82) is 0 Å². The van der Waals surface area contributed by atoms with Crippen LogP contribution in [0.5, 0.6) is 5.75 Å². The average Bonchev–Trinajstić information content (AvgIpc) is 3.31. The molecule has 122 valence electrons. The molecule has 2 aliphatic rings. The second-order valence-electron chi connectivity index (χ2n) is 6.18. The summed E-state index contributed by atoms with van der Waals surface area (Å²) < 4.78 is 10.9. The maximum absolute atomic E-state index is 6.26. The van der Waals surface area contributed by atoms with E-state index in [4.69, 9.17) is 4.74 Å². The zero-order chi connectivity index (χ0) is 15.5. The molecule has 2 fully saturated rings. The second kappa shape index (κ2) is 6.54. The van der Waals surface area contributed by atoms with Crippen LogP contribution in [0.4, 0.5) is 5.82 Å². The molecule has 0 spiro atoms. The van der Waals surface area contributed by atoms with Crippen molar-refractivity contribution in [3.63, 3.8) is 0 Å². The third-order valence-corrected chi connectivity index (χ3v) is 4.47. The quantitative estimate of drug-likeness (QED) is 0.832. The molecule has 0 amide bonds. The average molecular weight is 315 g/mol. The van der Waals surface area contributed by atoms with Gasteiger partial charge in [-0.1, -0.05) is 10.3 Å². The van der Waals surface area contributed by atoms with Crippen LogP contribution in [0, 0.1) is 0 Å². The van der Waals surface area contributed by atoms with Gasteiger partial charge in [0, 0.05) is 38.9 Å². The summed E-state index contributed by atoms with van der Waals surface area (Å²) in [5.74, 6) is 1.90. The van der Waals surface area contributed by atoms with Gasteiger partial charge in [-0.3, -0.25) is 4.90 Å². The highest BCUT2D eigenvalue weighted by Crippen LogP contribution is 2.30. The summed E-state index contributed by atoms with van der Waals surface area (Å²) in [6.45, 7) is 4.79. The Bertz CT molecular complexity index is 627. The lowest BCUT2D eigenvalue weighted by molar-refractivity contribution is 0.196. The summed E-state index contributed by atoms with van der Waals surface area (Å²) >= 11 is 0. The van der Waals surface area contributed by atoms with Crippen molar-refractivity contribution in [2.75, 3.05) is 31.1 Å². The third-order valence-electron chi connectivity index (χ3n) is 4.47. The second-order valence-corrected chi connectivity index (χ2v) is 6.18. The Balaban J connectivity index is 1.39. The Labute approximate surface area is 135 Å². The van der Waals surface area contributed by atoms with Gasteiger partial charge in [0.2, 0.25) is 0 Å². The predicted molar refractivity (Wildman–Crippen MR) is 84.3 cm³/mol. The molecule has 4 heterocycles. The topological polar surface area (TPSA) is 67.5 Å². The molecule has 0 saturated carbocycles. The van der Waals surface area contributed by atoms with E-state index in [0.717, 1.165) is 56.4 Å². The summed E-state index contributed by atoms with van der Waals surface area (Å²) in [7, 11) is 0. The number of nitrogens with zero attached hydrogens (tertiary/aromatic N) is 5. The first-order valence-electron chi connectivity index (χ1n) is 8.24. The molecule has 2 aromatic heterocycles. The first kappa shape index (κ1) is 14.4. The van der Waals surface area contributed by atoms with Crippen molar-refractivity contribution in [2.24, 2.45) is 0 Å². The fraction of sp³-hybridized carbons (Fsp3) is 0.562. The van der Waals surface area contributed by atoms with E-state index in [2.05, 4.69) is 29.7 Å². The largest absolute Gasteiger partial charge is 0.485 e. The Morgan fingerprint density at radius 1 is 1.26 bits per heavy atom. The lowest BCUT2D eigenvalue weighted by atomic mass is 10.3. The minimum absolute atomic E-state index is 0.195. The van der Waals surface area contributed by atoms with Crippen molar-refractivity contribution in [2.45, 2.75) is 31.9 Å². The predicted octanol–water partition coefficient (Wildman–Crippen LogP) is 1.72. The molecule has 4 rings (SSSR count). The molecular formula is C16H21N5O2. The Morgan fingerprint density at radius 3 is 3.00 bits per heavy atom. The molecule has 0 aliphatic carbocycles. The first-order chi connectivity index (χ1) is 11.4. The van der Waals surface area contributed by atoms with Crippen LogP contribution in [0.2, 0.25) is 0 Å². The van der Waals surface area contributed by atoms with Crippen molar-refractivity contribution in [3.05, 3.63) is 30.2 Å². The van der Waals surface area contributed by atoms with Gasteiger partial charge in [0.25, 0.3) is 0 Å². The van der Waals surface area contributed by atoms with Gasteiger partial charge in [0.1, 0.15) is 11.8 Å². The van der Waals surface area contributed by atoms with Crippen LogP contribution < -0.4 is 9.64 Å². The number of hydrogen-bond donors (Lipinski definition) is 0. The Hall–Kier alpha value is -2.15. The maximum Gasteiger partial charge on any atom is 0.171 e. The molecule has 0 bridgehead atoms. The summed E-state index contributed by atoms with van der Waals surface area (Å²) in [6.07, 6.45) is 7.19. The fourth-order valence-electron chi connectivity index (χ4n) is 3.34. The van der Waals surface area contributed by atoms with Crippen LogP contribution >= 0.6 is 0 Å². The van der Waals surface area contributed by atoms with Gasteiger partial charge in [0.15, 0.2) is 11.6 Å². The van der Waals surface area contributed by atoms with Crippen LogP contribution in [0.1, 0.15) is 25.0 Å². The van der Waals surface area contributed by atoms with Crippen molar-refractivity contribution in [3.8, 4) is 5.75 Å². The normalized spacial score (nSPS) is 21.9. The molecule has 2 aromatic rings. The lowest BCUT2D eigenvalue weighted by Gasteiger charge is -2.22. The Kier molecular flexibility index (Phi) is 4.10. The van der Waals surface area contributed by atoms with E-state index >= 15 is 0 Å². The van der Waals surface area contributed by atoms with Gasteiger partial charge in [-0.15, -0.1) is 0 Å². The lowest BCUT2D eigenvalue weighted by Crippen LogP contribution is -2.26. The van der Waals surface area contributed by atoms with Gasteiger partial charge >= 0.3 is 0 Å². The van der Waals surface area contributed by atoms with Crippen molar-refractivity contribution >= 4 is 5.82 Å². The number of hydrogen-bond acceptors (Lipinski definition) is 7. The molecular weight excluding hydrogens is 294 g/mol. The monoisotopic (exact) mass is 315 g/mol. The Morgan fingerprint density at radius 2 is 2.17 bits per heavy atom. The highest BCUT2D eigenvalue weighted by Gasteiger charge is 2.26. The SMILES string of the molecule is c1cnc(N2CCCC2)c(O[C@@H]2CCN(Cc3cnon3)C2)c1. The maximum atomic E-state index is 6.26. The standard InChI is InChI=1S/C16H21N5O2/c1-2-8-21(7-1)16-15(4-3-6-17-16)22-14-5-9-20(12-14)11-13-10-18-23-19-13/h3-4,6,10,14H,1-2,5,7-9,11-12H2/t14-/m1/s1. The van der Waals surface area contributed by atoms with Crippen molar-refractivity contribution in [1.82, 2.24) is 20.2 Å². The van der Waals surface area contributed by atoms with E-state index < -0.39 is 0 Å². The minimum Gasteiger partial charge on any atom is -0.485 e. The smallest absolute Gasteiger partial charge is 0.171 e. The summed E-state index contributed by atoms with van der Waals surface area (Å²) in [5.41, 5.74) is 0.866. The van der Waals surface area contributed by atoms with E-state index in [-0.39, 0.29) is 6.10 Å². The van der Waals surface area contributed by atoms with Gasteiger partial charge in [-0.25, -0.2) is 9.61 Å². The van der Waals surface area contributed by atoms with E-state index in [1.54, 1.807) is 6.20 Å².